The van der Waals surface area contributed by atoms with E-state index in [0.717, 1.165) is 31.7 Å². The van der Waals surface area contributed by atoms with Gasteiger partial charge in [0.25, 0.3) is 0 Å². The molecule has 0 aliphatic heterocycles. The minimum Gasteiger partial charge on any atom is -0.481 e. The fraction of sp³-hybridized carbons (Fsp3) is 0.520. The highest BCUT2D eigenvalue weighted by Gasteiger charge is 2.50. The number of benzene rings is 1. The molecule has 0 bridgehead atoms. The lowest BCUT2D eigenvalue weighted by Crippen LogP contribution is -2.41. The van der Waals surface area contributed by atoms with Gasteiger partial charge in [-0.2, -0.15) is 5.10 Å². The lowest BCUT2D eigenvalue weighted by atomic mass is 9.82. The van der Waals surface area contributed by atoms with Crippen LogP contribution in [0.2, 0.25) is 0 Å². The summed E-state index contributed by atoms with van der Waals surface area (Å²) in [4.78, 5) is 38.1. The minimum atomic E-state index is -1.06. The summed E-state index contributed by atoms with van der Waals surface area (Å²) >= 11 is 0. The predicted molar refractivity (Wildman–Crippen MR) is 125 cm³/mol. The van der Waals surface area contributed by atoms with Crippen molar-refractivity contribution in [3.8, 4) is 0 Å². The van der Waals surface area contributed by atoms with E-state index in [-0.39, 0.29) is 17.6 Å². The Morgan fingerprint density at radius 3 is 2.18 bits per heavy atom. The molecule has 2 aliphatic rings. The molecule has 1 aromatic carbocycles. The van der Waals surface area contributed by atoms with E-state index in [9.17, 15) is 18.8 Å². The van der Waals surface area contributed by atoms with Crippen LogP contribution in [0.25, 0.3) is 0 Å². The Morgan fingerprint density at radius 2 is 1.65 bits per heavy atom. The molecular formula is C25H31FN4O4. The third-order valence-electron chi connectivity index (χ3n) is 6.81. The largest absolute Gasteiger partial charge is 0.481 e. The third-order valence-corrected chi connectivity index (χ3v) is 6.81. The van der Waals surface area contributed by atoms with Crippen molar-refractivity contribution in [3.63, 3.8) is 0 Å². The Labute approximate surface area is 197 Å². The van der Waals surface area contributed by atoms with Gasteiger partial charge in [-0.25, -0.2) is 9.07 Å². The van der Waals surface area contributed by atoms with Gasteiger partial charge in [0.1, 0.15) is 17.6 Å². The van der Waals surface area contributed by atoms with Crippen LogP contribution >= 0.6 is 0 Å². The molecule has 2 fully saturated rings. The van der Waals surface area contributed by atoms with Crippen LogP contribution in [0.15, 0.2) is 30.5 Å². The summed E-state index contributed by atoms with van der Waals surface area (Å²) < 4.78 is 16.4. The van der Waals surface area contributed by atoms with Gasteiger partial charge in [-0.05, 0) is 81.9 Å². The number of aliphatic carboxylic acids is 1. The zero-order valence-electron chi connectivity index (χ0n) is 19.6. The quantitative estimate of drug-likeness (QED) is 0.445. The van der Waals surface area contributed by atoms with Crippen LogP contribution in [0.1, 0.15) is 64.0 Å². The zero-order valence-corrected chi connectivity index (χ0v) is 19.6. The number of carboxylic acids is 1. The predicted octanol–water partition coefficient (Wildman–Crippen LogP) is 4.42. The number of carbonyl (C=O) groups excluding carboxylic acids is 2. The number of nitrogens with zero attached hydrogens (tertiary/aromatic N) is 2. The first kappa shape index (κ1) is 23.9. The molecule has 1 heterocycles. The maximum absolute atomic E-state index is 14.8. The third kappa shape index (κ3) is 5.13. The topological polar surface area (TPSA) is 113 Å². The van der Waals surface area contributed by atoms with Crippen molar-refractivity contribution in [2.24, 2.45) is 23.7 Å². The molecule has 34 heavy (non-hydrogen) atoms. The molecule has 0 spiro atoms. The van der Waals surface area contributed by atoms with Crippen LogP contribution < -0.4 is 10.6 Å². The maximum atomic E-state index is 14.8. The number of nitrogens with one attached hydrogen (secondary N) is 2. The molecular weight excluding hydrogens is 439 g/mol. The van der Waals surface area contributed by atoms with Crippen LogP contribution in [0.5, 0.6) is 0 Å². The van der Waals surface area contributed by atoms with E-state index in [0.29, 0.717) is 23.2 Å². The van der Waals surface area contributed by atoms with Crippen molar-refractivity contribution in [2.75, 3.05) is 10.6 Å². The molecule has 0 radical (unpaired) electrons. The molecule has 0 saturated heterocycles. The van der Waals surface area contributed by atoms with E-state index in [2.05, 4.69) is 15.7 Å². The summed E-state index contributed by atoms with van der Waals surface area (Å²) in [5.74, 6) is -3.55. The molecule has 2 aromatic rings. The molecule has 9 heteroatoms. The van der Waals surface area contributed by atoms with Gasteiger partial charge in [0.15, 0.2) is 0 Å². The van der Waals surface area contributed by atoms with Crippen molar-refractivity contribution < 1.29 is 23.9 Å². The van der Waals surface area contributed by atoms with E-state index in [1.54, 1.807) is 16.9 Å². The second-order valence-corrected chi connectivity index (χ2v) is 9.76. The summed E-state index contributed by atoms with van der Waals surface area (Å²) in [7, 11) is 0. The molecule has 2 unspecified atom stereocenters. The van der Waals surface area contributed by atoms with Crippen molar-refractivity contribution in [1.29, 1.82) is 0 Å². The molecule has 2 aliphatic carbocycles. The number of carbonyl (C=O) groups is 3. The van der Waals surface area contributed by atoms with Gasteiger partial charge in [-0.3, -0.25) is 14.4 Å². The molecule has 182 valence electrons. The fourth-order valence-electron chi connectivity index (χ4n) is 4.64. The number of hydrogen-bond acceptors (Lipinski definition) is 4. The maximum Gasteiger partial charge on any atom is 0.310 e. The van der Waals surface area contributed by atoms with Crippen LogP contribution in [-0.4, -0.2) is 32.7 Å². The van der Waals surface area contributed by atoms with Crippen LogP contribution in [0.3, 0.4) is 0 Å². The standard InChI is InChI=1S/C25H31FN4O4/c1-13(2)30-20(10-11-27-30)29-24(32)22(21(15-4-5-15)16-6-7-16)23(31)28-19-9-8-17(12-18(19)26)14(3)25(33)34/h8-16,21-22H,4-7H2,1-3H3,(H,28,31)(H,29,32)(H,33,34). The normalized spacial score (nSPS) is 17.5. The SMILES string of the molecule is CC(C(=O)O)c1ccc(NC(=O)C(C(=O)Nc2ccnn2C(C)C)C(C2CC2)C2CC2)c(F)c1. The van der Waals surface area contributed by atoms with Gasteiger partial charge in [-0.15, -0.1) is 0 Å². The first-order valence-corrected chi connectivity index (χ1v) is 11.8. The number of aromatic nitrogens is 2. The second-order valence-electron chi connectivity index (χ2n) is 9.76. The summed E-state index contributed by atoms with van der Waals surface area (Å²) in [5.41, 5.74) is 0.231. The summed E-state index contributed by atoms with van der Waals surface area (Å²) in [5, 5.41) is 18.9. The number of rotatable bonds is 10. The van der Waals surface area contributed by atoms with Crippen LogP contribution in [-0.2, 0) is 14.4 Å². The smallest absolute Gasteiger partial charge is 0.310 e. The Morgan fingerprint density at radius 1 is 1.03 bits per heavy atom. The number of halogens is 1. The Kier molecular flexibility index (Phi) is 6.72. The van der Waals surface area contributed by atoms with Gasteiger partial charge in [-0.1, -0.05) is 6.07 Å². The highest BCUT2D eigenvalue weighted by atomic mass is 19.1. The zero-order chi connectivity index (χ0) is 24.6. The molecule has 4 rings (SSSR count). The average Bonchev–Trinajstić information content (AvgIpc) is 3.71. The van der Waals surface area contributed by atoms with Crippen molar-refractivity contribution in [1.82, 2.24) is 9.78 Å². The van der Waals surface area contributed by atoms with Crippen LogP contribution in [0.4, 0.5) is 15.9 Å². The van der Waals surface area contributed by atoms with E-state index >= 15 is 0 Å². The van der Waals surface area contributed by atoms with Crippen LogP contribution in [0, 0.1) is 29.5 Å². The Bertz CT molecular complexity index is 1080. The fourth-order valence-corrected chi connectivity index (χ4v) is 4.64. The van der Waals surface area contributed by atoms with Gasteiger partial charge < -0.3 is 15.7 Å². The lowest BCUT2D eigenvalue weighted by Gasteiger charge is -2.26. The molecule has 2 atom stereocenters. The first-order valence-electron chi connectivity index (χ1n) is 11.8. The highest BCUT2D eigenvalue weighted by molar-refractivity contribution is 6.11. The Hall–Kier alpha value is -3.23. The van der Waals surface area contributed by atoms with Gasteiger partial charge >= 0.3 is 5.97 Å². The first-order chi connectivity index (χ1) is 16.2. The Balaban J connectivity index is 1.58. The molecule has 8 nitrogen and oxygen atoms in total. The van der Waals surface area contributed by atoms with Gasteiger partial charge in [0, 0.05) is 12.1 Å². The van der Waals surface area contributed by atoms with Gasteiger partial charge in [0.05, 0.1) is 17.8 Å². The molecule has 3 N–H and O–H groups in total. The second kappa shape index (κ2) is 9.56. The number of hydrogen-bond donors (Lipinski definition) is 3. The monoisotopic (exact) mass is 470 g/mol. The van der Waals surface area contributed by atoms with Crippen molar-refractivity contribution in [3.05, 3.63) is 41.8 Å². The van der Waals surface area contributed by atoms with E-state index in [4.69, 9.17) is 5.11 Å². The molecule has 2 amide bonds. The average molecular weight is 471 g/mol. The number of carboxylic acid groups (broad SMARTS) is 1. The number of anilines is 2. The lowest BCUT2D eigenvalue weighted by molar-refractivity contribution is -0.138. The summed E-state index contributed by atoms with van der Waals surface area (Å²) in [6, 6.07) is 5.67. The highest BCUT2D eigenvalue weighted by Crippen LogP contribution is 2.52. The van der Waals surface area contributed by atoms with E-state index in [1.165, 1.54) is 19.1 Å². The minimum absolute atomic E-state index is 0.0287. The number of amides is 2. The molecule has 2 saturated carbocycles. The summed E-state index contributed by atoms with van der Waals surface area (Å²) in [6.45, 7) is 5.36. The molecule has 1 aromatic heterocycles. The van der Waals surface area contributed by atoms with Crippen molar-refractivity contribution >= 4 is 29.3 Å². The van der Waals surface area contributed by atoms with E-state index in [1.807, 2.05) is 13.8 Å². The van der Waals surface area contributed by atoms with Crippen molar-refractivity contribution in [2.45, 2.75) is 58.4 Å². The summed E-state index contributed by atoms with van der Waals surface area (Å²) in [6.07, 6.45) is 5.53. The van der Waals surface area contributed by atoms with Gasteiger partial charge in [0.2, 0.25) is 11.8 Å². The van der Waals surface area contributed by atoms with E-state index < -0.39 is 35.4 Å².